The van der Waals surface area contributed by atoms with E-state index in [1.54, 1.807) is 11.3 Å². The summed E-state index contributed by atoms with van der Waals surface area (Å²) in [4.78, 5) is 7.00. The van der Waals surface area contributed by atoms with Gasteiger partial charge in [-0.2, -0.15) is 0 Å². The molecule has 0 fully saturated rings. The molecule has 0 aliphatic carbocycles. The van der Waals surface area contributed by atoms with Gasteiger partial charge in [-0.15, -0.1) is 11.3 Å². The molecule has 2 heterocycles. The monoisotopic (exact) mass is 295 g/mol. The van der Waals surface area contributed by atoms with Crippen molar-refractivity contribution in [3.8, 4) is 0 Å². The fraction of sp³-hybridized carbons (Fsp3) is 0.667. The lowest BCUT2D eigenvalue weighted by Gasteiger charge is -2.06. The average molecular weight is 295 g/mol. The maximum Gasteiger partial charge on any atom is 0.194 e. The minimum absolute atomic E-state index is 0.853. The van der Waals surface area contributed by atoms with Crippen LogP contribution in [0.1, 0.15) is 42.5 Å². The number of nitrogens with one attached hydrogen (secondary N) is 1. The summed E-state index contributed by atoms with van der Waals surface area (Å²) in [5.41, 5.74) is 2.40. The van der Waals surface area contributed by atoms with Gasteiger partial charge in [-0.05, 0) is 33.2 Å². The second kappa shape index (κ2) is 7.76. The number of nitrogens with zero attached hydrogens (tertiary/aromatic N) is 2. The first-order valence-electron chi connectivity index (χ1n) is 7.44. The van der Waals surface area contributed by atoms with Crippen LogP contribution in [0.5, 0.6) is 0 Å². The second-order valence-corrected chi connectivity index (χ2v) is 6.35. The third-order valence-electron chi connectivity index (χ3n) is 3.32. The number of ether oxygens (including phenoxy) is 1. The molecule has 0 radical (unpaired) electrons. The Morgan fingerprint density at radius 3 is 2.90 bits per heavy atom. The largest absolute Gasteiger partial charge is 0.381 e. The molecular weight excluding hydrogens is 270 g/mol. The van der Waals surface area contributed by atoms with Crippen LogP contribution in [0, 0.1) is 13.8 Å². The summed E-state index contributed by atoms with van der Waals surface area (Å²) in [5, 5.41) is 3.48. The Balaban J connectivity index is 1.71. The van der Waals surface area contributed by atoms with E-state index in [9.17, 15) is 0 Å². The van der Waals surface area contributed by atoms with Gasteiger partial charge in [0.2, 0.25) is 0 Å². The van der Waals surface area contributed by atoms with E-state index in [4.69, 9.17) is 4.74 Å². The summed E-state index contributed by atoms with van der Waals surface area (Å²) in [6, 6.07) is 0. The zero-order chi connectivity index (χ0) is 14.4. The summed E-state index contributed by atoms with van der Waals surface area (Å²) in [6.45, 7) is 10.0. The molecule has 0 bridgehead atoms. The van der Waals surface area contributed by atoms with Gasteiger partial charge >= 0.3 is 0 Å². The zero-order valence-corrected chi connectivity index (χ0v) is 13.6. The number of hydrogen-bond donors (Lipinski definition) is 1. The Morgan fingerprint density at radius 1 is 1.30 bits per heavy atom. The van der Waals surface area contributed by atoms with Crippen LogP contribution in [0.2, 0.25) is 0 Å². The van der Waals surface area contributed by atoms with Crippen molar-refractivity contribution < 1.29 is 4.74 Å². The quantitative estimate of drug-likeness (QED) is 0.721. The van der Waals surface area contributed by atoms with Crippen molar-refractivity contribution in [2.75, 3.05) is 19.8 Å². The molecule has 0 aromatic carbocycles. The average Bonchev–Trinajstić information content (AvgIpc) is 2.89. The highest BCUT2D eigenvalue weighted by atomic mass is 32.1. The van der Waals surface area contributed by atoms with Crippen LogP contribution < -0.4 is 5.32 Å². The maximum atomic E-state index is 5.55. The van der Waals surface area contributed by atoms with Crippen LogP contribution in [0.25, 0.3) is 4.96 Å². The molecule has 0 saturated heterocycles. The summed E-state index contributed by atoms with van der Waals surface area (Å²) in [7, 11) is 0. The Bertz CT molecular complexity index is 532. The predicted octanol–water partition coefficient (Wildman–Crippen LogP) is 3.31. The SMILES string of the molecule is CCCCOCCCNCc1c(C)nc2sc(C)cn12. The van der Waals surface area contributed by atoms with Crippen molar-refractivity contribution in [1.29, 1.82) is 0 Å². The number of aromatic nitrogens is 2. The van der Waals surface area contributed by atoms with Gasteiger partial charge in [0, 0.05) is 30.8 Å². The van der Waals surface area contributed by atoms with E-state index in [2.05, 4.69) is 41.7 Å². The van der Waals surface area contributed by atoms with Crippen LogP contribution in [0.3, 0.4) is 0 Å². The van der Waals surface area contributed by atoms with Gasteiger partial charge in [-0.3, -0.25) is 4.40 Å². The van der Waals surface area contributed by atoms with Crippen molar-refractivity contribution in [3.05, 3.63) is 22.5 Å². The van der Waals surface area contributed by atoms with E-state index in [0.29, 0.717) is 0 Å². The van der Waals surface area contributed by atoms with E-state index in [1.165, 1.54) is 17.0 Å². The highest BCUT2D eigenvalue weighted by Gasteiger charge is 2.10. The summed E-state index contributed by atoms with van der Waals surface area (Å²) in [5.74, 6) is 0. The molecule has 2 rings (SSSR count). The highest BCUT2D eigenvalue weighted by molar-refractivity contribution is 7.17. The Morgan fingerprint density at radius 2 is 2.10 bits per heavy atom. The summed E-state index contributed by atoms with van der Waals surface area (Å²) < 4.78 is 7.76. The Labute approximate surface area is 125 Å². The topological polar surface area (TPSA) is 38.6 Å². The van der Waals surface area contributed by atoms with Crippen molar-refractivity contribution >= 4 is 16.3 Å². The normalized spacial score (nSPS) is 11.6. The molecule has 5 heteroatoms. The fourth-order valence-corrected chi connectivity index (χ4v) is 3.07. The van der Waals surface area contributed by atoms with Crippen molar-refractivity contribution in [3.63, 3.8) is 0 Å². The number of fused-ring (bicyclic) bond motifs is 1. The molecule has 0 unspecified atom stereocenters. The molecule has 112 valence electrons. The first-order valence-corrected chi connectivity index (χ1v) is 8.26. The molecule has 2 aromatic heterocycles. The molecule has 2 aromatic rings. The van der Waals surface area contributed by atoms with Crippen molar-refractivity contribution in [1.82, 2.24) is 14.7 Å². The third kappa shape index (κ3) is 4.04. The lowest BCUT2D eigenvalue weighted by molar-refractivity contribution is 0.128. The highest BCUT2D eigenvalue weighted by Crippen LogP contribution is 2.20. The summed E-state index contributed by atoms with van der Waals surface area (Å²) >= 11 is 1.75. The molecule has 20 heavy (non-hydrogen) atoms. The van der Waals surface area contributed by atoms with Crippen molar-refractivity contribution in [2.24, 2.45) is 0 Å². The number of rotatable bonds is 9. The van der Waals surface area contributed by atoms with E-state index in [0.717, 1.165) is 49.8 Å². The predicted molar refractivity (Wildman–Crippen MR) is 84.6 cm³/mol. The van der Waals surface area contributed by atoms with Gasteiger partial charge < -0.3 is 10.1 Å². The Kier molecular flexibility index (Phi) is 6.01. The molecular formula is C15H25N3OS. The van der Waals surface area contributed by atoms with Crippen LogP contribution in [-0.2, 0) is 11.3 Å². The van der Waals surface area contributed by atoms with E-state index >= 15 is 0 Å². The number of hydrogen-bond acceptors (Lipinski definition) is 4. The third-order valence-corrected chi connectivity index (χ3v) is 4.22. The van der Waals surface area contributed by atoms with Gasteiger partial charge in [0.25, 0.3) is 0 Å². The lowest BCUT2D eigenvalue weighted by Crippen LogP contribution is -2.18. The maximum absolute atomic E-state index is 5.55. The molecule has 0 amide bonds. The Hall–Kier alpha value is -0.910. The number of aryl methyl sites for hydroxylation is 2. The van der Waals surface area contributed by atoms with E-state index in [1.807, 2.05) is 0 Å². The van der Waals surface area contributed by atoms with Gasteiger partial charge in [0.1, 0.15) is 0 Å². The van der Waals surface area contributed by atoms with Gasteiger partial charge in [0.15, 0.2) is 4.96 Å². The number of unbranched alkanes of at least 4 members (excludes halogenated alkanes) is 1. The smallest absolute Gasteiger partial charge is 0.194 e. The molecule has 0 aliphatic heterocycles. The molecule has 1 N–H and O–H groups in total. The standard InChI is InChI=1S/C15H25N3OS/c1-4-5-8-19-9-6-7-16-10-14-13(3)17-15-18(14)11-12(2)20-15/h11,16H,4-10H2,1-3H3. The van der Waals surface area contributed by atoms with Crippen molar-refractivity contribution in [2.45, 2.75) is 46.6 Å². The fourth-order valence-electron chi connectivity index (χ4n) is 2.18. The van der Waals surface area contributed by atoms with E-state index < -0.39 is 0 Å². The number of imidazole rings is 1. The van der Waals surface area contributed by atoms with Crippen LogP contribution in [0.4, 0.5) is 0 Å². The minimum Gasteiger partial charge on any atom is -0.381 e. The molecule has 0 atom stereocenters. The second-order valence-electron chi connectivity index (χ2n) is 5.13. The van der Waals surface area contributed by atoms with Crippen LogP contribution >= 0.6 is 11.3 Å². The summed E-state index contributed by atoms with van der Waals surface area (Å²) in [6.07, 6.45) is 5.60. The molecule has 4 nitrogen and oxygen atoms in total. The zero-order valence-electron chi connectivity index (χ0n) is 12.7. The minimum atomic E-state index is 0.853. The van der Waals surface area contributed by atoms with Gasteiger partial charge in [-0.25, -0.2) is 4.98 Å². The number of thiazole rings is 1. The van der Waals surface area contributed by atoms with E-state index in [-0.39, 0.29) is 0 Å². The lowest BCUT2D eigenvalue weighted by atomic mass is 10.3. The first kappa shape index (κ1) is 15.5. The molecule has 0 aliphatic rings. The van der Waals surface area contributed by atoms with Crippen LogP contribution in [-0.4, -0.2) is 29.1 Å². The molecule has 0 saturated carbocycles. The van der Waals surface area contributed by atoms with Crippen LogP contribution in [0.15, 0.2) is 6.20 Å². The van der Waals surface area contributed by atoms with Gasteiger partial charge in [0.05, 0.1) is 11.4 Å². The first-order chi connectivity index (χ1) is 9.72. The molecule has 0 spiro atoms. The van der Waals surface area contributed by atoms with Gasteiger partial charge in [-0.1, -0.05) is 13.3 Å².